The summed E-state index contributed by atoms with van der Waals surface area (Å²) in [5.74, 6) is -2.20. The lowest BCUT2D eigenvalue weighted by atomic mass is 9.89. The second kappa shape index (κ2) is 10.1. The number of carbonyl (C=O) groups is 3. The van der Waals surface area contributed by atoms with Gasteiger partial charge in [-0.2, -0.15) is 0 Å². The monoisotopic (exact) mass is 462 g/mol. The molecular formula is C27H30N2O5. The molecule has 4 atom stereocenters. The standard InChI is InChI=1S/C27H30N2O5/c1-16(26(31)32)17(2)28-25(30)18-8-7-9-19(14-18)29-27(33)34-15-24-22-12-5-3-10-20(22)21-11-4-6-13-23(21)24/h3-7,9-13,16-19,24H,8,14-15H2,1-2H3,(H,28,30)(H,29,33)(H,31,32)/t16?,17?,18-,19-/m1/s1. The smallest absolute Gasteiger partial charge is 0.407 e. The van der Waals surface area contributed by atoms with Gasteiger partial charge in [0.25, 0.3) is 0 Å². The number of aliphatic carboxylic acids is 1. The van der Waals surface area contributed by atoms with Crippen molar-refractivity contribution in [3.63, 3.8) is 0 Å². The molecule has 0 spiro atoms. The molecule has 2 aromatic rings. The lowest BCUT2D eigenvalue weighted by Crippen LogP contribution is -2.45. The normalized spacial score (nSPS) is 20.5. The van der Waals surface area contributed by atoms with Crippen LogP contribution in [0, 0.1) is 11.8 Å². The van der Waals surface area contributed by atoms with Crippen LogP contribution in [-0.2, 0) is 14.3 Å². The van der Waals surface area contributed by atoms with Crippen molar-refractivity contribution >= 4 is 18.0 Å². The van der Waals surface area contributed by atoms with E-state index in [9.17, 15) is 14.4 Å². The Bertz CT molecular complexity index is 1070. The Balaban J connectivity index is 1.32. The third-order valence-electron chi connectivity index (χ3n) is 6.85. The molecular weight excluding hydrogens is 432 g/mol. The summed E-state index contributed by atoms with van der Waals surface area (Å²) in [7, 11) is 0. The minimum atomic E-state index is -0.953. The highest BCUT2D eigenvalue weighted by molar-refractivity contribution is 5.81. The number of carbonyl (C=O) groups excluding carboxylic acids is 2. The van der Waals surface area contributed by atoms with Crippen LogP contribution in [0.15, 0.2) is 60.7 Å². The molecule has 0 aliphatic heterocycles. The van der Waals surface area contributed by atoms with Gasteiger partial charge in [0, 0.05) is 17.9 Å². The quantitative estimate of drug-likeness (QED) is 0.538. The number of allylic oxidation sites excluding steroid dienone is 1. The van der Waals surface area contributed by atoms with Gasteiger partial charge in [-0.15, -0.1) is 0 Å². The van der Waals surface area contributed by atoms with E-state index in [1.807, 2.05) is 36.4 Å². The topological polar surface area (TPSA) is 105 Å². The number of amides is 2. The van der Waals surface area contributed by atoms with Crippen LogP contribution in [0.2, 0.25) is 0 Å². The van der Waals surface area contributed by atoms with Gasteiger partial charge in [-0.25, -0.2) is 4.79 Å². The molecule has 0 saturated carbocycles. The van der Waals surface area contributed by atoms with E-state index in [-0.39, 0.29) is 30.4 Å². The Morgan fingerprint density at radius 3 is 2.26 bits per heavy atom. The van der Waals surface area contributed by atoms with E-state index in [0.29, 0.717) is 12.8 Å². The summed E-state index contributed by atoms with van der Waals surface area (Å²) in [5, 5.41) is 14.8. The van der Waals surface area contributed by atoms with Crippen molar-refractivity contribution in [2.45, 2.75) is 44.7 Å². The number of rotatable bonds is 7. The summed E-state index contributed by atoms with van der Waals surface area (Å²) in [6.45, 7) is 3.47. The summed E-state index contributed by atoms with van der Waals surface area (Å²) in [4.78, 5) is 36.3. The van der Waals surface area contributed by atoms with Crippen molar-refractivity contribution in [1.29, 1.82) is 0 Å². The number of carboxylic acids is 1. The van der Waals surface area contributed by atoms with Crippen LogP contribution < -0.4 is 10.6 Å². The highest BCUT2D eigenvalue weighted by Crippen LogP contribution is 2.44. The third-order valence-corrected chi connectivity index (χ3v) is 6.85. The highest BCUT2D eigenvalue weighted by Gasteiger charge is 2.31. The molecule has 2 aliphatic carbocycles. The molecule has 0 aromatic heterocycles. The van der Waals surface area contributed by atoms with Gasteiger partial charge in [-0.1, -0.05) is 60.7 Å². The van der Waals surface area contributed by atoms with Gasteiger partial charge in [0.05, 0.1) is 12.0 Å². The zero-order valence-corrected chi connectivity index (χ0v) is 19.4. The predicted molar refractivity (Wildman–Crippen MR) is 128 cm³/mol. The van der Waals surface area contributed by atoms with Gasteiger partial charge in [-0.3, -0.25) is 9.59 Å². The van der Waals surface area contributed by atoms with Crippen LogP contribution in [-0.4, -0.2) is 41.8 Å². The average molecular weight is 463 g/mol. The fourth-order valence-electron chi connectivity index (χ4n) is 4.68. The van der Waals surface area contributed by atoms with E-state index in [1.54, 1.807) is 13.8 Å². The highest BCUT2D eigenvalue weighted by atomic mass is 16.5. The maximum absolute atomic E-state index is 12.6. The number of alkyl carbamates (subject to hydrolysis) is 1. The minimum Gasteiger partial charge on any atom is -0.481 e. The number of fused-ring (bicyclic) bond motifs is 3. The fraction of sp³-hybridized carbons (Fsp3) is 0.370. The molecule has 0 radical (unpaired) electrons. The Hall–Kier alpha value is -3.61. The van der Waals surface area contributed by atoms with Crippen LogP contribution in [0.25, 0.3) is 11.1 Å². The molecule has 4 rings (SSSR count). The Morgan fingerprint density at radius 2 is 1.65 bits per heavy atom. The van der Waals surface area contributed by atoms with E-state index in [2.05, 4.69) is 34.9 Å². The van der Waals surface area contributed by atoms with Gasteiger partial charge in [0.15, 0.2) is 0 Å². The molecule has 0 fully saturated rings. The van der Waals surface area contributed by atoms with Crippen LogP contribution in [0.3, 0.4) is 0 Å². The molecule has 0 heterocycles. The van der Waals surface area contributed by atoms with Gasteiger partial charge in [0.2, 0.25) is 5.91 Å². The van der Waals surface area contributed by atoms with Crippen molar-refractivity contribution in [2.24, 2.45) is 11.8 Å². The number of nitrogens with one attached hydrogen (secondary N) is 2. The fourth-order valence-corrected chi connectivity index (χ4v) is 4.68. The summed E-state index contributed by atoms with van der Waals surface area (Å²) < 4.78 is 5.61. The molecule has 2 unspecified atom stereocenters. The van der Waals surface area contributed by atoms with Crippen molar-refractivity contribution < 1.29 is 24.2 Å². The van der Waals surface area contributed by atoms with Crippen molar-refractivity contribution in [2.75, 3.05) is 6.61 Å². The van der Waals surface area contributed by atoms with Crippen LogP contribution in [0.4, 0.5) is 4.79 Å². The minimum absolute atomic E-state index is 0.0173. The van der Waals surface area contributed by atoms with Gasteiger partial charge in [0.1, 0.15) is 6.61 Å². The van der Waals surface area contributed by atoms with Gasteiger partial charge in [-0.05, 0) is 48.9 Å². The molecule has 7 nitrogen and oxygen atoms in total. The molecule has 3 N–H and O–H groups in total. The number of ether oxygens (including phenoxy) is 1. The maximum atomic E-state index is 12.6. The van der Waals surface area contributed by atoms with Crippen molar-refractivity contribution in [3.05, 3.63) is 71.8 Å². The van der Waals surface area contributed by atoms with E-state index < -0.39 is 24.0 Å². The molecule has 0 saturated heterocycles. The SMILES string of the molecule is CC(NC(=O)[C@@H]1CC=C[C@@H](NC(=O)OCC2c3ccccc3-c3ccccc32)C1)C(C)C(=O)O. The molecule has 2 aromatic carbocycles. The summed E-state index contributed by atoms with van der Waals surface area (Å²) in [5.41, 5.74) is 4.64. The van der Waals surface area contributed by atoms with E-state index >= 15 is 0 Å². The Kier molecular flexibility index (Phi) is 7.01. The largest absolute Gasteiger partial charge is 0.481 e. The molecule has 34 heavy (non-hydrogen) atoms. The first kappa shape index (κ1) is 23.5. The first-order chi connectivity index (χ1) is 16.3. The maximum Gasteiger partial charge on any atom is 0.407 e. The lowest BCUT2D eigenvalue weighted by molar-refractivity contribution is -0.142. The van der Waals surface area contributed by atoms with Crippen molar-refractivity contribution in [3.8, 4) is 11.1 Å². The third kappa shape index (κ3) is 4.98. The first-order valence-corrected chi connectivity index (χ1v) is 11.7. The van der Waals surface area contributed by atoms with Crippen LogP contribution in [0.5, 0.6) is 0 Å². The van der Waals surface area contributed by atoms with Crippen molar-refractivity contribution in [1.82, 2.24) is 10.6 Å². The molecule has 2 amide bonds. The second-order valence-electron chi connectivity index (χ2n) is 9.10. The summed E-state index contributed by atoms with van der Waals surface area (Å²) in [6.07, 6.45) is 4.19. The second-order valence-corrected chi connectivity index (χ2v) is 9.10. The van der Waals surface area contributed by atoms with Crippen LogP contribution in [0.1, 0.15) is 43.7 Å². The number of carboxylic acid groups (broad SMARTS) is 1. The summed E-state index contributed by atoms with van der Waals surface area (Å²) in [6, 6.07) is 15.5. The molecule has 0 bridgehead atoms. The van der Waals surface area contributed by atoms with Crippen LogP contribution >= 0.6 is 0 Å². The van der Waals surface area contributed by atoms with E-state index in [0.717, 1.165) is 11.1 Å². The molecule has 7 heteroatoms. The molecule has 2 aliphatic rings. The Morgan fingerprint density at radius 1 is 1.03 bits per heavy atom. The number of benzene rings is 2. The van der Waals surface area contributed by atoms with E-state index in [1.165, 1.54) is 11.1 Å². The summed E-state index contributed by atoms with van der Waals surface area (Å²) >= 11 is 0. The Labute approximate surface area is 199 Å². The predicted octanol–water partition coefficient (Wildman–Crippen LogP) is 4.09. The molecule has 178 valence electrons. The van der Waals surface area contributed by atoms with E-state index in [4.69, 9.17) is 9.84 Å². The average Bonchev–Trinajstić information content (AvgIpc) is 3.16. The van der Waals surface area contributed by atoms with Gasteiger partial charge < -0.3 is 20.5 Å². The zero-order valence-electron chi connectivity index (χ0n) is 19.4. The lowest BCUT2D eigenvalue weighted by Gasteiger charge is -2.27. The zero-order chi connectivity index (χ0) is 24.2. The number of hydrogen-bond acceptors (Lipinski definition) is 4. The first-order valence-electron chi connectivity index (χ1n) is 11.7. The van der Waals surface area contributed by atoms with Gasteiger partial charge >= 0.3 is 12.1 Å². The number of hydrogen-bond donors (Lipinski definition) is 3.